The number of hydrogen-bond acceptors (Lipinski definition) is 4. The first-order valence-electron chi connectivity index (χ1n) is 6.82. The van der Waals surface area contributed by atoms with Crippen LogP contribution in [-0.2, 0) is 6.54 Å². The van der Waals surface area contributed by atoms with Gasteiger partial charge in [0.2, 0.25) is 0 Å². The highest BCUT2D eigenvalue weighted by Gasteiger charge is 2.24. The van der Waals surface area contributed by atoms with Gasteiger partial charge in [-0.25, -0.2) is 4.98 Å². The zero-order valence-electron chi connectivity index (χ0n) is 11.3. The van der Waals surface area contributed by atoms with Crippen molar-refractivity contribution in [3.05, 3.63) is 30.1 Å². The van der Waals surface area contributed by atoms with Crippen molar-refractivity contribution in [3.8, 4) is 0 Å². The number of rotatable bonds is 3. The Morgan fingerprint density at radius 1 is 1.37 bits per heavy atom. The molecule has 0 aliphatic carbocycles. The summed E-state index contributed by atoms with van der Waals surface area (Å²) in [6.07, 6.45) is 0. The van der Waals surface area contributed by atoms with E-state index in [2.05, 4.69) is 32.9 Å². The SMILES string of the molecule is CN1CCN(Cc2nc3ccccc3[nH]2)C(CN)C1. The van der Waals surface area contributed by atoms with Crippen molar-refractivity contribution in [2.24, 2.45) is 5.73 Å². The summed E-state index contributed by atoms with van der Waals surface area (Å²) in [6, 6.07) is 8.58. The molecule has 1 aromatic heterocycles. The molecule has 102 valence electrons. The van der Waals surface area contributed by atoms with Gasteiger partial charge in [0.05, 0.1) is 17.6 Å². The molecule has 0 saturated carbocycles. The Labute approximate surface area is 113 Å². The first kappa shape index (κ1) is 12.6. The van der Waals surface area contributed by atoms with Crippen LogP contribution in [0.2, 0.25) is 0 Å². The first-order chi connectivity index (χ1) is 9.26. The van der Waals surface area contributed by atoms with Crippen molar-refractivity contribution in [2.75, 3.05) is 33.2 Å². The molecule has 1 aliphatic rings. The molecule has 1 aromatic carbocycles. The van der Waals surface area contributed by atoms with Gasteiger partial charge in [-0.1, -0.05) is 12.1 Å². The van der Waals surface area contributed by atoms with E-state index in [-0.39, 0.29) is 0 Å². The predicted molar refractivity (Wildman–Crippen MR) is 76.8 cm³/mol. The van der Waals surface area contributed by atoms with Crippen molar-refractivity contribution in [2.45, 2.75) is 12.6 Å². The molecule has 1 saturated heterocycles. The Kier molecular flexibility index (Phi) is 3.50. The van der Waals surface area contributed by atoms with E-state index < -0.39 is 0 Å². The highest BCUT2D eigenvalue weighted by molar-refractivity contribution is 5.74. The maximum atomic E-state index is 5.89. The summed E-state index contributed by atoms with van der Waals surface area (Å²) < 4.78 is 0. The van der Waals surface area contributed by atoms with Crippen LogP contribution < -0.4 is 5.73 Å². The number of piperazine rings is 1. The topological polar surface area (TPSA) is 61.2 Å². The Morgan fingerprint density at radius 2 is 2.21 bits per heavy atom. The molecular weight excluding hydrogens is 238 g/mol. The Bertz CT molecular complexity index is 517. The number of aromatic amines is 1. The monoisotopic (exact) mass is 259 g/mol. The highest BCUT2D eigenvalue weighted by Crippen LogP contribution is 2.14. The second kappa shape index (κ2) is 5.28. The zero-order chi connectivity index (χ0) is 13.2. The van der Waals surface area contributed by atoms with E-state index in [1.165, 1.54) is 0 Å². The van der Waals surface area contributed by atoms with Gasteiger partial charge in [0.15, 0.2) is 0 Å². The quantitative estimate of drug-likeness (QED) is 0.849. The molecule has 19 heavy (non-hydrogen) atoms. The number of para-hydroxylation sites is 2. The molecule has 5 nitrogen and oxygen atoms in total. The summed E-state index contributed by atoms with van der Waals surface area (Å²) in [5.41, 5.74) is 8.03. The second-order valence-corrected chi connectivity index (χ2v) is 5.32. The average Bonchev–Trinajstić information content (AvgIpc) is 2.83. The van der Waals surface area contributed by atoms with Crippen LogP contribution in [0.4, 0.5) is 0 Å². The van der Waals surface area contributed by atoms with E-state index in [0.29, 0.717) is 12.6 Å². The summed E-state index contributed by atoms with van der Waals surface area (Å²) >= 11 is 0. The number of aromatic nitrogens is 2. The molecule has 1 aliphatic heterocycles. The molecule has 1 fully saturated rings. The van der Waals surface area contributed by atoms with Crippen molar-refractivity contribution >= 4 is 11.0 Å². The van der Waals surface area contributed by atoms with Crippen molar-refractivity contribution in [1.29, 1.82) is 0 Å². The normalized spacial score (nSPS) is 22.1. The molecule has 2 heterocycles. The Morgan fingerprint density at radius 3 is 3.00 bits per heavy atom. The van der Waals surface area contributed by atoms with Gasteiger partial charge < -0.3 is 15.6 Å². The number of nitrogens with one attached hydrogen (secondary N) is 1. The summed E-state index contributed by atoms with van der Waals surface area (Å²) in [5, 5.41) is 0. The third kappa shape index (κ3) is 2.63. The molecule has 3 N–H and O–H groups in total. The minimum absolute atomic E-state index is 0.423. The standard InChI is InChI=1S/C14H21N5/c1-18-6-7-19(11(8-15)9-18)10-14-16-12-4-2-3-5-13(12)17-14/h2-5,11H,6-10,15H2,1H3,(H,16,17). The fraction of sp³-hybridized carbons (Fsp3) is 0.500. The van der Waals surface area contributed by atoms with Gasteiger partial charge in [0, 0.05) is 32.2 Å². The van der Waals surface area contributed by atoms with Crippen LogP contribution in [-0.4, -0.2) is 59.0 Å². The van der Waals surface area contributed by atoms with Crippen molar-refractivity contribution in [3.63, 3.8) is 0 Å². The molecule has 1 atom stereocenters. The van der Waals surface area contributed by atoms with Gasteiger partial charge >= 0.3 is 0 Å². The van der Waals surface area contributed by atoms with Gasteiger partial charge in [0.25, 0.3) is 0 Å². The number of H-pyrrole nitrogens is 1. The van der Waals surface area contributed by atoms with Gasteiger partial charge in [-0.15, -0.1) is 0 Å². The maximum absolute atomic E-state index is 5.89. The van der Waals surface area contributed by atoms with E-state index in [1.54, 1.807) is 0 Å². The fourth-order valence-corrected chi connectivity index (χ4v) is 2.75. The lowest BCUT2D eigenvalue weighted by molar-refractivity contribution is 0.0861. The lowest BCUT2D eigenvalue weighted by Gasteiger charge is -2.39. The lowest BCUT2D eigenvalue weighted by Crippen LogP contribution is -2.54. The third-order valence-corrected chi connectivity index (χ3v) is 3.87. The van der Waals surface area contributed by atoms with Crippen LogP contribution >= 0.6 is 0 Å². The number of likely N-dealkylation sites (N-methyl/N-ethyl adjacent to an activating group) is 1. The van der Waals surface area contributed by atoms with Crippen LogP contribution in [0.3, 0.4) is 0 Å². The fourth-order valence-electron chi connectivity index (χ4n) is 2.75. The van der Waals surface area contributed by atoms with Crippen LogP contribution in [0.25, 0.3) is 11.0 Å². The maximum Gasteiger partial charge on any atom is 0.121 e. The van der Waals surface area contributed by atoms with Crippen LogP contribution in [0.5, 0.6) is 0 Å². The van der Waals surface area contributed by atoms with E-state index in [0.717, 1.165) is 43.0 Å². The van der Waals surface area contributed by atoms with Crippen LogP contribution in [0.1, 0.15) is 5.82 Å². The van der Waals surface area contributed by atoms with Crippen LogP contribution in [0.15, 0.2) is 24.3 Å². The summed E-state index contributed by atoms with van der Waals surface area (Å²) in [7, 11) is 2.15. The minimum atomic E-state index is 0.423. The number of fused-ring (bicyclic) bond motifs is 1. The molecule has 0 bridgehead atoms. The highest BCUT2D eigenvalue weighted by atomic mass is 15.3. The zero-order valence-corrected chi connectivity index (χ0v) is 11.3. The van der Waals surface area contributed by atoms with E-state index in [1.807, 2.05) is 18.2 Å². The molecule has 0 radical (unpaired) electrons. The molecular formula is C14H21N5. The Balaban J connectivity index is 1.76. The summed E-state index contributed by atoms with van der Waals surface area (Å²) in [6.45, 7) is 4.73. The Hall–Kier alpha value is -1.43. The van der Waals surface area contributed by atoms with Gasteiger partial charge in [-0.05, 0) is 19.2 Å². The van der Waals surface area contributed by atoms with E-state index in [4.69, 9.17) is 5.73 Å². The summed E-state index contributed by atoms with van der Waals surface area (Å²) in [5.74, 6) is 1.03. The van der Waals surface area contributed by atoms with Gasteiger partial charge in [-0.2, -0.15) is 0 Å². The number of imidazole rings is 1. The molecule has 3 rings (SSSR count). The molecule has 5 heteroatoms. The molecule has 0 amide bonds. The number of nitrogens with zero attached hydrogens (tertiary/aromatic N) is 3. The third-order valence-electron chi connectivity index (χ3n) is 3.87. The molecule has 2 aromatic rings. The van der Waals surface area contributed by atoms with Crippen molar-refractivity contribution < 1.29 is 0 Å². The van der Waals surface area contributed by atoms with Crippen LogP contribution in [0, 0.1) is 0 Å². The first-order valence-corrected chi connectivity index (χ1v) is 6.82. The second-order valence-electron chi connectivity index (χ2n) is 5.32. The van der Waals surface area contributed by atoms with Crippen molar-refractivity contribution in [1.82, 2.24) is 19.8 Å². The number of hydrogen-bond donors (Lipinski definition) is 2. The lowest BCUT2D eigenvalue weighted by atomic mass is 10.1. The average molecular weight is 259 g/mol. The largest absolute Gasteiger partial charge is 0.341 e. The number of nitrogens with two attached hydrogens (primary N) is 1. The van der Waals surface area contributed by atoms with Gasteiger partial charge in [0.1, 0.15) is 5.82 Å². The smallest absolute Gasteiger partial charge is 0.121 e. The van der Waals surface area contributed by atoms with E-state index >= 15 is 0 Å². The number of benzene rings is 1. The molecule has 1 unspecified atom stereocenters. The molecule has 0 spiro atoms. The minimum Gasteiger partial charge on any atom is -0.341 e. The van der Waals surface area contributed by atoms with E-state index in [9.17, 15) is 0 Å². The predicted octanol–water partition coefficient (Wildman–Crippen LogP) is 0.638. The summed E-state index contributed by atoms with van der Waals surface area (Å²) in [4.78, 5) is 12.8. The van der Waals surface area contributed by atoms with Gasteiger partial charge in [-0.3, -0.25) is 4.90 Å².